The van der Waals surface area contributed by atoms with Crippen LogP contribution < -0.4 is 5.32 Å². The van der Waals surface area contributed by atoms with Crippen molar-refractivity contribution < 1.29 is 9.66 Å². The van der Waals surface area contributed by atoms with E-state index < -0.39 is 4.92 Å². The smallest absolute Gasteiger partial charge is 0.275 e. The van der Waals surface area contributed by atoms with Gasteiger partial charge in [-0.25, -0.2) is 0 Å². The second-order valence-corrected chi connectivity index (χ2v) is 4.34. The summed E-state index contributed by atoms with van der Waals surface area (Å²) in [5.74, 6) is 0. The number of nitro benzene ring substituents is 1. The van der Waals surface area contributed by atoms with Gasteiger partial charge in [0, 0.05) is 25.3 Å². The van der Waals surface area contributed by atoms with E-state index in [9.17, 15) is 10.1 Å². The van der Waals surface area contributed by atoms with Gasteiger partial charge in [-0.05, 0) is 19.9 Å². The van der Waals surface area contributed by atoms with E-state index in [2.05, 4.69) is 5.32 Å². The molecule has 0 saturated carbocycles. The third-order valence-electron chi connectivity index (χ3n) is 2.49. The molecule has 1 aromatic rings. The van der Waals surface area contributed by atoms with E-state index in [1.165, 1.54) is 6.07 Å². The van der Waals surface area contributed by atoms with E-state index in [0.717, 1.165) is 0 Å². The van der Waals surface area contributed by atoms with Gasteiger partial charge in [0.2, 0.25) is 0 Å². The van der Waals surface area contributed by atoms with Crippen LogP contribution in [0.2, 0.25) is 5.02 Å². The molecular formula is C12H17ClN2O3. The zero-order chi connectivity index (χ0) is 13.5. The van der Waals surface area contributed by atoms with Crippen molar-refractivity contribution in [2.45, 2.75) is 26.4 Å². The van der Waals surface area contributed by atoms with Crippen molar-refractivity contribution >= 4 is 17.3 Å². The number of nitrogens with one attached hydrogen (secondary N) is 1. The van der Waals surface area contributed by atoms with Gasteiger partial charge in [0.1, 0.15) is 0 Å². The van der Waals surface area contributed by atoms with Crippen LogP contribution in [-0.4, -0.2) is 24.2 Å². The second-order valence-electron chi connectivity index (χ2n) is 3.94. The first-order chi connectivity index (χ1) is 8.56. The predicted octanol–water partition coefficient (Wildman–Crippen LogP) is 2.76. The molecule has 18 heavy (non-hydrogen) atoms. The van der Waals surface area contributed by atoms with Crippen LogP contribution in [0.3, 0.4) is 0 Å². The quantitative estimate of drug-likeness (QED) is 0.612. The van der Waals surface area contributed by atoms with E-state index in [4.69, 9.17) is 16.3 Å². The summed E-state index contributed by atoms with van der Waals surface area (Å²) < 4.78 is 5.26. The maximum Gasteiger partial charge on any atom is 0.275 e. The lowest BCUT2D eigenvalue weighted by atomic mass is 10.1. The van der Waals surface area contributed by atoms with Crippen LogP contribution in [0.4, 0.5) is 5.69 Å². The number of nitro groups is 1. The first-order valence-corrected chi connectivity index (χ1v) is 6.17. The van der Waals surface area contributed by atoms with Crippen LogP contribution in [0.1, 0.15) is 19.4 Å². The third kappa shape index (κ3) is 4.25. The minimum absolute atomic E-state index is 0.0404. The first-order valence-electron chi connectivity index (χ1n) is 5.79. The molecule has 0 fully saturated rings. The van der Waals surface area contributed by atoms with E-state index in [0.29, 0.717) is 30.3 Å². The van der Waals surface area contributed by atoms with Gasteiger partial charge in [0.05, 0.1) is 22.1 Å². The molecule has 1 rings (SSSR count). The van der Waals surface area contributed by atoms with Gasteiger partial charge in [0.15, 0.2) is 0 Å². The standard InChI is InChI=1S/C12H17ClN2O3/c1-3-18-8-9(2)14-7-10-11(13)5-4-6-12(10)15(16)17/h4-6,9,14H,3,7-8H2,1-2H3. The number of halogens is 1. The maximum atomic E-state index is 10.9. The van der Waals surface area contributed by atoms with E-state index in [-0.39, 0.29) is 11.7 Å². The van der Waals surface area contributed by atoms with E-state index in [1.54, 1.807) is 12.1 Å². The van der Waals surface area contributed by atoms with Crippen molar-refractivity contribution in [3.8, 4) is 0 Å². The van der Waals surface area contributed by atoms with Crippen molar-refractivity contribution in [1.82, 2.24) is 5.32 Å². The topological polar surface area (TPSA) is 64.4 Å². The Labute approximate surface area is 111 Å². The fourth-order valence-corrected chi connectivity index (χ4v) is 1.76. The molecular weight excluding hydrogens is 256 g/mol. The molecule has 0 aliphatic rings. The van der Waals surface area contributed by atoms with E-state index >= 15 is 0 Å². The molecule has 0 aromatic heterocycles. The Morgan fingerprint density at radius 3 is 2.89 bits per heavy atom. The Kier molecular flexibility index (Phi) is 6.04. The lowest BCUT2D eigenvalue weighted by molar-refractivity contribution is -0.385. The zero-order valence-corrected chi connectivity index (χ0v) is 11.2. The van der Waals surface area contributed by atoms with Crippen LogP contribution >= 0.6 is 11.6 Å². The maximum absolute atomic E-state index is 10.9. The fraction of sp³-hybridized carbons (Fsp3) is 0.500. The van der Waals surface area contributed by atoms with Crippen molar-refractivity contribution in [2.24, 2.45) is 0 Å². The highest BCUT2D eigenvalue weighted by Crippen LogP contribution is 2.25. The molecule has 0 amide bonds. The summed E-state index contributed by atoms with van der Waals surface area (Å²) in [4.78, 5) is 10.5. The zero-order valence-electron chi connectivity index (χ0n) is 10.5. The van der Waals surface area contributed by atoms with Crippen LogP contribution in [0.5, 0.6) is 0 Å². The number of nitrogens with zero attached hydrogens (tertiary/aromatic N) is 1. The summed E-state index contributed by atoms with van der Waals surface area (Å²) in [6.07, 6.45) is 0. The Bertz CT molecular complexity index is 412. The molecule has 1 N–H and O–H groups in total. The fourth-order valence-electron chi connectivity index (χ4n) is 1.52. The molecule has 1 atom stereocenters. The van der Waals surface area contributed by atoms with Gasteiger partial charge >= 0.3 is 0 Å². The molecule has 0 bridgehead atoms. The van der Waals surface area contributed by atoms with Gasteiger partial charge in [0.25, 0.3) is 5.69 Å². The summed E-state index contributed by atoms with van der Waals surface area (Å²) in [5, 5.41) is 14.4. The Balaban J connectivity index is 2.69. The third-order valence-corrected chi connectivity index (χ3v) is 2.84. The normalized spacial score (nSPS) is 12.4. The number of hydrogen-bond donors (Lipinski definition) is 1. The second kappa shape index (κ2) is 7.31. The summed E-state index contributed by atoms with van der Waals surface area (Å²) in [6.45, 7) is 5.45. The highest BCUT2D eigenvalue weighted by Gasteiger charge is 2.16. The van der Waals surface area contributed by atoms with Gasteiger partial charge in [-0.2, -0.15) is 0 Å². The van der Waals surface area contributed by atoms with Crippen LogP contribution in [-0.2, 0) is 11.3 Å². The average molecular weight is 273 g/mol. The van der Waals surface area contributed by atoms with Crippen LogP contribution in [0.25, 0.3) is 0 Å². The highest BCUT2D eigenvalue weighted by molar-refractivity contribution is 6.31. The molecule has 5 nitrogen and oxygen atoms in total. The van der Waals surface area contributed by atoms with Gasteiger partial charge in [-0.15, -0.1) is 0 Å². The molecule has 0 saturated heterocycles. The number of hydrogen-bond acceptors (Lipinski definition) is 4. The number of rotatable bonds is 7. The van der Waals surface area contributed by atoms with Crippen LogP contribution in [0.15, 0.2) is 18.2 Å². The van der Waals surface area contributed by atoms with Crippen molar-refractivity contribution in [3.05, 3.63) is 38.9 Å². The summed E-state index contributed by atoms with van der Waals surface area (Å²) >= 11 is 5.99. The Hall–Kier alpha value is -1.17. The van der Waals surface area contributed by atoms with Gasteiger partial charge < -0.3 is 10.1 Å². The monoisotopic (exact) mass is 272 g/mol. The molecule has 0 heterocycles. The summed E-state index contributed by atoms with van der Waals surface area (Å²) in [7, 11) is 0. The van der Waals surface area contributed by atoms with E-state index in [1.807, 2.05) is 13.8 Å². The first kappa shape index (κ1) is 14.9. The molecule has 0 aliphatic heterocycles. The van der Waals surface area contributed by atoms with Gasteiger partial charge in [-0.1, -0.05) is 17.7 Å². The predicted molar refractivity (Wildman–Crippen MR) is 70.9 cm³/mol. The molecule has 1 unspecified atom stereocenters. The number of ether oxygens (including phenoxy) is 1. The van der Waals surface area contributed by atoms with Crippen molar-refractivity contribution in [2.75, 3.05) is 13.2 Å². The number of benzene rings is 1. The average Bonchev–Trinajstić information content (AvgIpc) is 2.34. The molecule has 100 valence electrons. The lowest BCUT2D eigenvalue weighted by Gasteiger charge is -2.14. The largest absolute Gasteiger partial charge is 0.380 e. The lowest BCUT2D eigenvalue weighted by Crippen LogP contribution is -2.30. The summed E-state index contributed by atoms with van der Waals surface area (Å²) in [6, 6.07) is 4.79. The Morgan fingerprint density at radius 1 is 1.56 bits per heavy atom. The SMILES string of the molecule is CCOCC(C)NCc1c(Cl)cccc1[N+](=O)[O-]. The Morgan fingerprint density at radius 2 is 2.28 bits per heavy atom. The minimum Gasteiger partial charge on any atom is -0.380 e. The molecule has 0 aliphatic carbocycles. The molecule has 6 heteroatoms. The highest BCUT2D eigenvalue weighted by atomic mass is 35.5. The molecule has 1 aromatic carbocycles. The minimum atomic E-state index is -0.421. The molecule has 0 radical (unpaired) electrons. The summed E-state index contributed by atoms with van der Waals surface area (Å²) in [5.41, 5.74) is 0.547. The van der Waals surface area contributed by atoms with Crippen LogP contribution in [0, 0.1) is 10.1 Å². The van der Waals surface area contributed by atoms with Gasteiger partial charge in [-0.3, -0.25) is 10.1 Å². The molecule has 0 spiro atoms. The van der Waals surface area contributed by atoms with Crippen molar-refractivity contribution in [1.29, 1.82) is 0 Å². The van der Waals surface area contributed by atoms with Crippen molar-refractivity contribution in [3.63, 3.8) is 0 Å².